The second-order valence-electron chi connectivity index (χ2n) is 10.5. The molecule has 2 aromatic heterocycles. The molecule has 7 heteroatoms. The Bertz CT molecular complexity index is 1490. The van der Waals surface area contributed by atoms with Gasteiger partial charge in [0.05, 0.1) is 5.69 Å². The van der Waals surface area contributed by atoms with Gasteiger partial charge in [0.1, 0.15) is 17.5 Å². The second-order valence-corrected chi connectivity index (χ2v) is 10.5. The van der Waals surface area contributed by atoms with Crippen molar-refractivity contribution in [3.8, 4) is 0 Å². The van der Waals surface area contributed by atoms with Crippen molar-refractivity contribution in [2.45, 2.75) is 52.5 Å². The molecule has 1 aromatic carbocycles. The third kappa shape index (κ3) is 7.55. The maximum Gasteiger partial charge on any atom is 0.136 e. The Balaban J connectivity index is 1.58. The minimum Gasteiger partial charge on any atom is -0.399 e. The average Bonchev–Trinajstić information content (AvgIpc) is 3.63. The molecule has 1 fully saturated rings. The van der Waals surface area contributed by atoms with E-state index < -0.39 is 5.83 Å². The Morgan fingerprint density at radius 2 is 1.98 bits per heavy atom. The highest BCUT2D eigenvalue weighted by molar-refractivity contribution is 5.80. The van der Waals surface area contributed by atoms with Gasteiger partial charge in [-0.05, 0) is 68.5 Å². The van der Waals surface area contributed by atoms with Gasteiger partial charge < -0.3 is 16.0 Å². The predicted molar refractivity (Wildman–Crippen MR) is 164 cm³/mol. The fraction of sp³-hybridized carbons (Fsp3) is 0.294. The smallest absolute Gasteiger partial charge is 0.136 e. The van der Waals surface area contributed by atoms with E-state index in [-0.39, 0.29) is 23.4 Å². The largest absolute Gasteiger partial charge is 0.399 e. The van der Waals surface area contributed by atoms with E-state index >= 15 is 4.39 Å². The number of hydrogen-bond donors (Lipinski definition) is 3. The lowest BCUT2D eigenvalue weighted by Crippen LogP contribution is -2.20. The topological polar surface area (TPSA) is 79.6 Å². The number of halogens is 2. The lowest BCUT2D eigenvalue weighted by molar-refractivity contribution is 0.489. The van der Waals surface area contributed by atoms with Crippen LogP contribution in [0.2, 0.25) is 0 Å². The Morgan fingerprint density at radius 3 is 2.68 bits per heavy atom. The molecule has 0 aliphatic heterocycles. The predicted octanol–water partition coefficient (Wildman–Crippen LogP) is 7.49. The molecular weight excluding hydrogens is 516 g/mol. The molecule has 0 bridgehead atoms. The number of H-pyrrole nitrogens is 1. The van der Waals surface area contributed by atoms with Crippen molar-refractivity contribution in [3.05, 3.63) is 131 Å². The van der Waals surface area contributed by atoms with E-state index in [1.807, 2.05) is 19.1 Å². The van der Waals surface area contributed by atoms with Crippen LogP contribution in [0.15, 0.2) is 91.2 Å². The molecule has 0 saturated heterocycles. The molecule has 4 rings (SSSR count). The zero-order valence-corrected chi connectivity index (χ0v) is 23.9. The van der Waals surface area contributed by atoms with Crippen molar-refractivity contribution < 1.29 is 8.78 Å². The maximum absolute atomic E-state index is 16.1. The van der Waals surface area contributed by atoms with Crippen LogP contribution in [0.4, 0.5) is 8.78 Å². The summed E-state index contributed by atoms with van der Waals surface area (Å²) in [7, 11) is 0. The summed E-state index contributed by atoms with van der Waals surface area (Å²) in [5, 5.41) is 3.51. The first-order valence-electron chi connectivity index (χ1n) is 14.1. The highest BCUT2D eigenvalue weighted by Crippen LogP contribution is 2.31. The van der Waals surface area contributed by atoms with Crippen LogP contribution in [0.3, 0.4) is 0 Å². The number of benzene rings is 1. The Morgan fingerprint density at radius 1 is 1.20 bits per heavy atom. The van der Waals surface area contributed by atoms with E-state index in [4.69, 9.17) is 10.7 Å². The van der Waals surface area contributed by atoms with Crippen molar-refractivity contribution in [3.63, 3.8) is 0 Å². The average molecular weight is 556 g/mol. The second kappa shape index (κ2) is 14.0. The van der Waals surface area contributed by atoms with Gasteiger partial charge in [-0.1, -0.05) is 56.4 Å². The highest BCUT2D eigenvalue weighted by Gasteiger charge is 2.20. The van der Waals surface area contributed by atoms with Crippen LogP contribution < -0.4 is 11.1 Å². The van der Waals surface area contributed by atoms with Crippen LogP contribution in [0.5, 0.6) is 0 Å². The number of nitrogens with one attached hydrogen (secondary N) is 2. The zero-order valence-electron chi connectivity index (χ0n) is 23.9. The van der Waals surface area contributed by atoms with Crippen molar-refractivity contribution in [1.29, 1.82) is 0 Å². The first-order chi connectivity index (χ1) is 19.8. The van der Waals surface area contributed by atoms with Crippen LogP contribution in [0.25, 0.3) is 11.1 Å². The van der Waals surface area contributed by atoms with Crippen LogP contribution in [0.1, 0.15) is 66.5 Å². The summed E-state index contributed by atoms with van der Waals surface area (Å²) in [6, 6.07) is 8.21. The summed E-state index contributed by atoms with van der Waals surface area (Å²) in [6.45, 7) is 13.1. The summed E-state index contributed by atoms with van der Waals surface area (Å²) in [4.78, 5) is 12.3. The molecule has 0 spiro atoms. The van der Waals surface area contributed by atoms with Gasteiger partial charge in [0.2, 0.25) is 0 Å². The van der Waals surface area contributed by atoms with Gasteiger partial charge in [-0.25, -0.2) is 13.8 Å². The van der Waals surface area contributed by atoms with Gasteiger partial charge in [0.15, 0.2) is 0 Å². The van der Waals surface area contributed by atoms with Crippen molar-refractivity contribution in [1.82, 2.24) is 20.3 Å². The molecule has 1 aliphatic carbocycles. The number of pyridine rings is 1. The summed E-state index contributed by atoms with van der Waals surface area (Å²) in [5.41, 5.74) is 11.4. The van der Waals surface area contributed by atoms with E-state index in [1.54, 1.807) is 43.6 Å². The summed E-state index contributed by atoms with van der Waals surface area (Å²) >= 11 is 0. The molecule has 2 heterocycles. The number of aromatic nitrogens is 3. The number of nitrogens with two attached hydrogens (primary N) is 1. The first kappa shape index (κ1) is 29.9. The third-order valence-electron chi connectivity index (χ3n) is 7.52. The van der Waals surface area contributed by atoms with Crippen LogP contribution in [0, 0.1) is 18.7 Å². The standard InChI is InChI=1S/C34H39F2N5/c1-5-10-29(26-13-9-14-28(35)16-26)34-23(4)40-32(41-34)17-30(31(37)6-2)33(36)22(3)27-15-25(20-39-21-27)19-38-18-24-11-7-8-12-24/h5-6,9-10,13-16,20-21,24,38H,1,3,7-8,11-12,17-19,37H2,2,4H3,(H,40,41)/b29-10-,31-6+,33-30+. The Kier molecular flexibility index (Phi) is 10.2. The van der Waals surface area contributed by atoms with Crippen LogP contribution >= 0.6 is 0 Å². The fourth-order valence-electron chi connectivity index (χ4n) is 5.30. The number of allylic oxidation sites excluding steroid dienone is 6. The number of aryl methyl sites for hydroxylation is 1. The van der Waals surface area contributed by atoms with Gasteiger partial charge in [-0.15, -0.1) is 0 Å². The SMILES string of the molecule is C=C/C=C(/c1cccc(F)c1)c1nc(CC(/C(N)=C\C)=C(\F)C(=C)c2cncc(CNCC3CCCC3)c2)[nH]c1C. The lowest BCUT2D eigenvalue weighted by atomic mass is 9.99. The Labute approximate surface area is 241 Å². The molecule has 5 nitrogen and oxygen atoms in total. The molecule has 0 unspecified atom stereocenters. The molecule has 3 aromatic rings. The molecule has 0 radical (unpaired) electrons. The number of hydrogen-bond acceptors (Lipinski definition) is 4. The molecule has 1 aliphatic rings. The van der Waals surface area contributed by atoms with E-state index in [1.165, 1.54) is 37.8 Å². The minimum atomic E-state index is -0.513. The highest BCUT2D eigenvalue weighted by atomic mass is 19.1. The summed E-state index contributed by atoms with van der Waals surface area (Å²) < 4.78 is 30.0. The van der Waals surface area contributed by atoms with Gasteiger partial charge >= 0.3 is 0 Å². The summed E-state index contributed by atoms with van der Waals surface area (Å²) in [5.74, 6) is 0.396. The Hall–Kier alpha value is -4.10. The molecular formula is C34H39F2N5. The monoisotopic (exact) mass is 555 g/mol. The minimum absolute atomic E-state index is 0.114. The van der Waals surface area contributed by atoms with Gasteiger partial charge in [0, 0.05) is 59.0 Å². The quantitative estimate of drug-likeness (QED) is 0.202. The maximum atomic E-state index is 16.1. The number of imidazole rings is 1. The van der Waals surface area contributed by atoms with Gasteiger partial charge in [-0.2, -0.15) is 0 Å². The molecule has 4 N–H and O–H groups in total. The first-order valence-corrected chi connectivity index (χ1v) is 14.1. The van der Waals surface area contributed by atoms with Crippen molar-refractivity contribution in [2.75, 3.05) is 6.54 Å². The fourth-order valence-corrected chi connectivity index (χ4v) is 5.30. The number of aromatic amines is 1. The normalized spacial score (nSPS) is 15.2. The van der Waals surface area contributed by atoms with Crippen molar-refractivity contribution >= 4 is 11.1 Å². The lowest BCUT2D eigenvalue weighted by Gasteiger charge is -2.13. The molecule has 0 amide bonds. The number of nitrogens with zero attached hydrogens (tertiary/aromatic N) is 2. The van der Waals surface area contributed by atoms with E-state index in [0.29, 0.717) is 40.5 Å². The van der Waals surface area contributed by atoms with Crippen molar-refractivity contribution in [2.24, 2.45) is 11.7 Å². The van der Waals surface area contributed by atoms with Gasteiger partial charge in [-0.3, -0.25) is 4.98 Å². The molecule has 41 heavy (non-hydrogen) atoms. The van der Waals surface area contributed by atoms with E-state index in [2.05, 4.69) is 28.4 Å². The van der Waals surface area contributed by atoms with Crippen LogP contribution in [-0.2, 0) is 13.0 Å². The van der Waals surface area contributed by atoms with E-state index in [9.17, 15) is 4.39 Å². The van der Waals surface area contributed by atoms with E-state index in [0.717, 1.165) is 23.7 Å². The third-order valence-corrected chi connectivity index (χ3v) is 7.52. The zero-order chi connectivity index (χ0) is 29.4. The summed E-state index contributed by atoms with van der Waals surface area (Å²) in [6.07, 6.45) is 13.8. The molecule has 214 valence electrons. The molecule has 0 atom stereocenters. The van der Waals surface area contributed by atoms with Crippen LogP contribution in [-0.4, -0.2) is 21.5 Å². The van der Waals surface area contributed by atoms with Gasteiger partial charge in [0.25, 0.3) is 0 Å². The number of rotatable bonds is 12. The molecule has 1 saturated carbocycles.